The van der Waals surface area contributed by atoms with Gasteiger partial charge in [-0.1, -0.05) is 13.2 Å². The topological polar surface area (TPSA) is 51.2 Å². The quantitative estimate of drug-likeness (QED) is 0.479. The van der Waals surface area contributed by atoms with Gasteiger partial charge >= 0.3 is 0 Å². The molecule has 0 bridgehead atoms. The van der Waals surface area contributed by atoms with Crippen molar-refractivity contribution < 1.29 is 31.7 Å². The zero-order chi connectivity index (χ0) is 8.71. The predicted molar refractivity (Wildman–Crippen MR) is 31.8 cm³/mol. The molecule has 6 radical (unpaired) electrons. The first kappa shape index (κ1) is 35.7. The Morgan fingerprint density at radius 2 is 0.800 bits per heavy atom. The molecule has 0 amide bonds. The summed E-state index contributed by atoms with van der Waals surface area (Å²) in [5, 5.41) is 0. The molecule has 0 heterocycles. The van der Waals surface area contributed by atoms with Crippen LogP contribution in [0.2, 0.25) is 0 Å². The maximum Gasteiger partial charge on any atom is 0.281 e. The van der Waals surface area contributed by atoms with Crippen LogP contribution in [0.15, 0.2) is 18.9 Å². The molecule has 0 fully saturated rings. The van der Waals surface area contributed by atoms with Gasteiger partial charge in [0.2, 0.25) is 0 Å². The molecule has 0 aromatic carbocycles. The van der Waals surface area contributed by atoms with Crippen molar-refractivity contribution in [2.45, 2.75) is 0 Å². The van der Waals surface area contributed by atoms with E-state index in [9.17, 15) is 0 Å². The molecule has 0 rings (SSSR count). The Kier molecular flexibility index (Phi) is 368000. The van der Waals surface area contributed by atoms with Gasteiger partial charge in [0.15, 0.2) is 0 Å². The molecule has 0 saturated heterocycles. The SMILES string of the molecule is C=C=C.[C]=O.[C]=O.[C]=O.[Cr]. The number of hydrogen-bond acceptors (Lipinski definition) is 3. The Labute approximate surface area is 71.6 Å². The van der Waals surface area contributed by atoms with E-state index in [1.165, 1.54) is 0 Å². The van der Waals surface area contributed by atoms with Gasteiger partial charge in [-0.2, -0.15) is 0 Å². The van der Waals surface area contributed by atoms with E-state index in [2.05, 4.69) is 39.3 Å². The van der Waals surface area contributed by atoms with Crippen molar-refractivity contribution in [1.29, 1.82) is 0 Å². The summed E-state index contributed by atoms with van der Waals surface area (Å²) in [5.41, 5.74) is 2.25. The molecule has 0 aliphatic carbocycles. The summed E-state index contributed by atoms with van der Waals surface area (Å²) in [7, 11) is 0. The molecule has 4 heteroatoms. The van der Waals surface area contributed by atoms with Crippen LogP contribution in [0.1, 0.15) is 0 Å². The maximum absolute atomic E-state index is 7.50. The van der Waals surface area contributed by atoms with Gasteiger partial charge in [-0.25, -0.2) is 0 Å². The average molecular weight is 176 g/mol. The second kappa shape index (κ2) is 103000. The summed E-state index contributed by atoms with van der Waals surface area (Å²) in [6.07, 6.45) is 0. The van der Waals surface area contributed by atoms with Crippen LogP contribution in [0.3, 0.4) is 0 Å². The monoisotopic (exact) mass is 176 g/mol. The Bertz CT molecular complexity index is 55.3. The molecule has 3 nitrogen and oxygen atoms in total. The Morgan fingerprint density at radius 3 is 0.800 bits per heavy atom. The molecule has 0 aliphatic rings. The summed E-state index contributed by atoms with van der Waals surface area (Å²) in [6.45, 7) is 19.8. The average Bonchev–Trinajstić information content (AvgIpc) is 2.01. The van der Waals surface area contributed by atoms with E-state index in [-0.39, 0.29) is 17.4 Å². The molecule has 0 aromatic heterocycles. The van der Waals surface area contributed by atoms with Crippen LogP contribution in [0.4, 0.5) is 0 Å². The van der Waals surface area contributed by atoms with E-state index in [1.807, 2.05) is 0 Å². The van der Waals surface area contributed by atoms with Crippen LogP contribution < -0.4 is 0 Å². The van der Waals surface area contributed by atoms with Gasteiger partial charge in [0.25, 0.3) is 20.4 Å². The fraction of sp³-hybridized carbons (Fsp3) is 0. The molecule has 52 valence electrons. The van der Waals surface area contributed by atoms with E-state index >= 15 is 0 Å². The minimum Gasteiger partial charge on any atom is -0.281 e. The summed E-state index contributed by atoms with van der Waals surface area (Å²) >= 11 is 0. The molecule has 0 aliphatic heterocycles. The fourth-order valence-electron chi connectivity index (χ4n) is 0. The largest absolute Gasteiger partial charge is 0.281 e. The van der Waals surface area contributed by atoms with Crippen molar-refractivity contribution >= 4 is 20.4 Å². The minimum atomic E-state index is 0. The van der Waals surface area contributed by atoms with Gasteiger partial charge in [-0.15, -0.1) is 5.73 Å². The predicted octanol–water partition coefficient (Wildman–Crippen LogP) is -0.237. The van der Waals surface area contributed by atoms with Gasteiger partial charge in [-0.3, -0.25) is 14.4 Å². The van der Waals surface area contributed by atoms with E-state index < -0.39 is 0 Å². The van der Waals surface area contributed by atoms with Gasteiger partial charge in [-0.05, 0) is 0 Å². The van der Waals surface area contributed by atoms with Gasteiger partial charge in [0.1, 0.15) is 0 Å². The summed E-state index contributed by atoms with van der Waals surface area (Å²) in [6, 6.07) is 0. The molecular weight excluding hydrogens is 172 g/mol. The molecular formula is C6H4CrO3. The van der Waals surface area contributed by atoms with Crippen LogP contribution in [0.5, 0.6) is 0 Å². The number of rotatable bonds is 0. The minimum absolute atomic E-state index is 0. The number of carbonyl (C=O) groups excluding carboxylic acids is 3. The van der Waals surface area contributed by atoms with Crippen LogP contribution in [0, 0.1) is 0 Å². The zero-order valence-electron chi connectivity index (χ0n) is 5.05. The third-order valence-corrected chi connectivity index (χ3v) is 0. The first-order valence-electron chi connectivity index (χ1n) is 1.32. The number of hydrogen-bond donors (Lipinski definition) is 0. The van der Waals surface area contributed by atoms with Gasteiger partial charge < -0.3 is 0 Å². The van der Waals surface area contributed by atoms with Crippen molar-refractivity contribution in [1.82, 2.24) is 0 Å². The van der Waals surface area contributed by atoms with Crippen molar-refractivity contribution in [2.24, 2.45) is 0 Å². The molecule has 0 spiro atoms. The molecule has 0 saturated carbocycles. The second-order valence-corrected chi connectivity index (χ2v) is 0.250. The van der Waals surface area contributed by atoms with E-state index in [1.54, 1.807) is 0 Å². The molecule has 0 aromatic rings. The normalized spacial score (nSPS) is 2.00. The zero-order valence-corrected chi connectivity index (χ0v) is 6.32. The van der Waals surface area contributed by atoms with E-state index in [0.717, 1.165) is 0 Å². The maximum atomic E-state index is 7.50. The van der Waals surface area contributed by atoms with E-state index in [0.29, 0.717) is 0 Å². The molecule has 0 unspecified atom stereocenters. The van der Waals surface area contributed by atoms with Crippen molar-refractivity contribution in [3.63, 3.8) is 0 Å². The molecule has 10 heavy (non-hydrogen) atoms. The second-order valence-electron chi connectivity index (χ2n) is 0.250. The summed E-state index contributed by atoms with van der Waals surface area (Å²) < 4.78 is 0. The molecule has 0 atom stereocenters. The van der Waals surface area contributed by atoms with Gasteiger partial charge in [0, 0.05) is 17.4 Å². The third kappa shape index (κ3) is 295. The summed E-state index contributed by atoms with van der Waals surface area (Å²) in [5.74, 6) is 0. The Hall–Kier alpha value is -0.938. The smallest absolute Gasteiger partial charge is 0.281 e. The summed E-state index contributed by atoms with van der Waals surface area (Å²) in [4.78, 5) is 22.5. The van der Waals surface area contributed by atoms with Crippen LogP contribution in [-0.4, -0.2) is 20.4 Å². The van der Waals surface area contributed by atoms with Crippen molar-refractivity contribution in [2.75, 3.05) is 0 Å². The Balaban J connectivity index is -0.0000000110. The standard InChI is InChI=1S/C3H4.3CO.Cr/c1-3-2;3*1-2;/h1-2H2;;;;. The molecule has 0 N–H and O–H groups in total. The van der Waals surface area contributed by atoms with Crippen LogP contribution in [0.25, 0.3) is 0 Å². The van der Waals surface area contributed by atoms with Gasteiger partial charge in [0.05, 0.1) is 0 Å². The first-order chi connectivity index (χ1) is 4.41. The Morgan fingerprint density at radius 1 is 0.800 bits per heavy atom. The third-order valence-electron chi connectivity index (χ3n) is 0. The first-order valence-corrected chi connectivity index (χ1v) is 1.32. The van der Waals surface area contributed by atoms with E-state index in [4.69, 9.17) is 14.4 Å². The van der Waals surface area contributed by atoms with Crippen LogP contribution >= 0.6 is 0 Å². The van der Waals surface area contributed by atoms with Crippen molar-refractivity contribution in [3.8, 4) is 0 Å². The van der Waals surface area contributed by atoms with Crippen molar-refractivity contribution in [3.05, 3.63) is 18.9 Å². The fourth-order valence-corrected chi connectivity index (χ4v) is 0. The van der Waals surface area contributed by atoms with Crippen LogP contribution in [-0.2, 0) is 31.7 Å².